The van der Waals surface area contributed by atoms with E-state index in [9.17, 15) is 28.2 Å². The van der Waals surface area contributed by atoms with Gasteiger partial charge < -0.3 is 29.9 Å². The molecule has 0 saturated carbocycles. The number of halogens is 3. The van der Waals surface area contributed by atoms with E-state index in [0.29, 0.717) is 44.0 Å². The number of phenolic OH excluding ortho intramolecular Hbond substituents is 1. The molecule has 2 aliphatic rings. The number of carboxylic acid groups (broad SMARTS) is 1. The summed E-state index contributed by atoms with van der Waals surface area (Å²) in [6, 6.07) is 3.14. The summed E-state index contributed by atoms with van der Waals surface area (Å²) in [4.78, 5) is 12.6. The van der Waals surface area contributed by atoms with Crippen molar-refractivity contribution in [1.82, 2.24) is 15.1 Å². The molecule has 32 heavy (non-hydrogen) atoms. The number of hydrogen-bond donors (Lipinski definition) is 3. The summed E-state index contributed by atoms with van der Waals surface area (Å²) in [6.45, 7) is 1.45. The average molecular weight is 454 g/mol. The molecule has 0 unspecified atom stereocenters. The predicted molar refractivity (Wildman–Crippen MR) is 105 cm³/mol. The summed E-state index contributed by atoms with van der Waals surface area (Å²) in [5.41, 5.74) is 2.07. The van der Waals surface area contributed by atoms with E-state index in [-0.39, 0.29) is 18.2 Å². The van der Waals surface area contributed by atoms with Gasteiger partial charge in [0.1, 0.15) is 17.2 Å². The molecule has 1 saturated heterocycles. The molecule has 0 bridgehead atoms. The number of alkyl halides is 3. The third-order valence-electron chi connectivity index (χ3n) is 5.42. The van der Waals surface area contributed by atoms with Crippen LogP contribution in [-0.2, 0) is 17.8 Å². The van der Waals surface area contributed by atoms with Gasteiger partial charge in [-0.2, -0.15) is 0 Å². The normalized spacial score (nSPS) is 18.7. The van der Waals surface area contributed by atoms with Gasteiger partial charge in [0.05, 0.1) is 13.2 Å². The zero-order chi connectivity index (χ0) is 22.9. The van der Waals surface area contributed by atoms with Crippen LogP contribution in [0.2, 0.25) is 0 Å². The van der Waals surface area contributed by atoms with Crippen molar-refractivity contribution in [3.05, 3.63) is 29.3 Å². The molecule has 12 heteroatoms. The van der Waals surface area contributed by atoms with E-state index >= 15 is 0 Å². The Kier molecular flexibility index (Phi) is 5.96. The number of rotatable bonds is 4. The van der Waals surface area contributed by atoms with Crippen LogP contribution in [0.15, 0.2) is 18.2 Å². The van der Waals surface area contributed by atoms with E-state index in [4.69, 9.17) is 4.74 Å². The highest BCUT2D eigenvalue weighted by Crippen LogP contribution is 2.38. The number of nitrogens with zero attached hydrogens (tertiary/aromatic N) is 3. The Labute approximate surface area is 180 Å². The molecule has 1 amide bonds. The first kappa shape index (κ1) is 21.9. The van der Waals surface area contributed by atoms with E-state index in [1.165, 1.54) is 11.0 Å². The van der Waals surface area contributed by atoms with Crippen molar-refractivity contribution < 1.29 is 37.7 Å². The second kappa shape index (κ2) is 8.69. The topological polar surface area (TPSA) is 117 Å². The maximum atomic E-state index is 12.4. The Bertz CT molecular complexity index is 1020. The Morgan fingerprint density at radius 1 is 1.28 bits per heavy atom. The van der Waals surface area contributed by atoms with Crippen LogP contribution in [-0.4, -0.2) is 63.5 Å². The molecule has 0 spiro atoms. The number of nitrogens with one attached hydrogen (secondary N) is 1. The van der Waals surface area contributed by atoms with Gasteiger partial charge in [0.25, 0.3) is 0 Å². The van der Waals surface area contributed by atoms with Crippen LogP contribution >= 0.6 is 0 Å². The monoisotopic (exact) mass is 454 g/mol. The largest absolute Gasteiger partial charge is 0.573 e. The predicted octanol–water partition coefficient (Wildman–Crippen LogP) is 3.37. The first-order valence-electron chi connectivity index (χ1n) is 10.0. The fourth-order valence-corrected chi connectivity index (χ4v) is 3.98. The highest BCUT2D eigenvalue weighted by Gasteiger charge is 2.32. The summed E-state index contributed by atoms with van der Waals surface area (Å²) >= 11 is 0. The Morgan fingerprint density at radius 2 is 2.09 bits per heavy atom. The molecule has 9 nitrogen and oxygen atoms in total. The summed E-state index contributed by atoms with van der Waals surface area (Å²) in [5, 5.41) is 31.3. The third kappa shape index (κ3) is 4.79. The number of benzene rings is 1. The quantitative estimate of drug-likeness (QED) is 0.644. The standard InChI is InChI=1S/C20H21F3N4O5/c21-20(22,23)32-12-3-4-14(16(28)8-12)17-13-5-7-31-10-15(13)18(26-25-17)24-11-2-1-6-27(9-11)19(29)30/h3-4,8,11,28H,1-2,5-7,9-10H2,(H,24,26)(H,29,30)/t11-/m1/s1. The van der Waals surface area contributed by atoms with E-state index in [0.717, 1.165) is 29.7 Å². The molecule has 2 aliphatic heterocycles. The molecule has 1 aromatic carbocycles. The van der Waals surface area contributed by atoms with Crippen LogP contribution < -0.4 is 10.1 Å². The maximum Gasteiger partial charge on any atom is 0.573 e. The number of hydrogen-bond acceptors (Lipinski definition) is 7. The van der Waals surface area contributed by atoms with Crippen LogP contribution in [0.5, 0.6) is 11.5 Å². The van der Waals surface area contributed by atoms with Gasteiger partial charge in [-0.3, -0.25) is 0 Å². The number of aromatic nitrogens is 2. The zero-order valence-corrected chi connectivity index (χ0v) is 16.9. The highest BCUT2D eigenvalue weighted by molar-refractivity contribution is 5.73. The zero-order valence-electron chi connectivity index (χ0n) is 16.9. The molecular formula is C20H21F3N4O5. The number of phenols is 1. The third-order valence-corrected chi connectivity index (χ3v) is 5.42. The van der Waals surface area contributed by atoms with Crippen molar-refractivity contribution in [3.63, 3.8) is 0 Å². The fraction of sp³-hybridized carbons (Fsp3) is 0.450. The summed E-state index contributed by atoms with van der Waals surface area (Å²) in [7, 11) is 0. The molecule has 1 atom stereocenters. The molecular weight excluding hydrogens is 433 g/mol. The Balaban J connectivity index is 1.62. The van der Waals surface area contributed by atoms with Crippen LogP contribution in [0.1, 0.15) is 24.0 Å². The van der Waals surface area contributed by atoms with E-state index in [2.05, 4.69) is 20.3 Å². The molecule has 1 fully saturated rings. The number of likely N-dealkylation sites (tertiary alicyclic amines) is 1. The van der Waals surface area contributed by atoms with Gasteiger partial charge in [-0.15, -0.1) is 23.4 Å². The summed E-state index contributed by atoms with van der Waals surface area (Å²) in [6.07, 6.45) is -3.89. The average Bonchev–Trinajstić information content (AvgIpc) is 2.74. The number of amides is 1. The first-order chi connectivity index (χ1) is 15.2. The number of carbonyl (C=O) groups is 1. The van der Waals surface area contributed by atoms with Gasteiger partial charge in [-0.1, -0.05) is 0 Å². The van der Waals surface area contributed by atoms with Crippen molar-refractivity contribution in [2.75, 3.05) is 25.0 Å². The fourth-order valence-electron chi connectivity index (χ4n) is 3.98. The van der Waals surface area contributed by atoms with Crippen molar-refractivity contribution in [1.29, 1.82) is 0 Å². The number of piperidine rings is 1. The maximum absolute atomic E-state index is 12.4. The smallest absolute Gasteiger partial charge is 0.507 e. The molecule has 2 aromatic rings. The summed E-state index contributed by atoms with van der Waals surface area (Å²) in [5.74, 6) is -0.487. The second-order valence-electron chi connectivity index (χ2n) is 7.60. The molecule has 0 radical (unpaired) electrons. The van der Waals surface area contributed by atoms with Gasteiger partial charge in [0.15, 0.2) is 5.82 Å². The number of fused-ring (bicyclic) bond motifs is 1. The number of anilines is 1. The second-order valence-corrected chi connectivity index (χ2v) is 7.60. The van der Waals surface area contributed by atoms with Gasteiger partial charge in [0, 0.05) is 36.3 Å². The van der Waals surface area contributed by atoms with Crippen molar-refractivity contribution in [3.8, 4) is 22.8 Å². The SMILES string of the molecule is O=C(O)N1CCC[C@@H](Nc2nnc(-c3ccc(OC(F)(F)F)cc3O)c3c2COCC3)C1. The number of aromatic hydroxyl groups is 1. The van der Waals surface area contributed by atoms with Crippen molar-refractivity contribution in [2.45, 2.75) is 38.3 Å². The molecule has 3 N–H and O–H groups in total. The lowest BCUT2D eigenvalue weighted by atomic mass is 9.97. The highest BCUT2D eigenvalue weighted by atomic mass is 19.4. The van der Waals surface area contributed by atoms with Crippen molar-refractivity contribution >= 4 is 11.9 Å². The Hall–Kier alpha value is -3.28. The van der Waals surface area contributed by atoms with E-state index < -0.39 is 24.0 Å². The first-order valence-corrected chi connectivity index (χ1v) is 10.0. The Morgan fingerprint density at radius 3 is 2.81 bits per heavy atom. The molecule has 1 aromatic heterocycles. The van der Waals surface area contributed by atoms with Crippen LogP contribution in [0, 0.1) is 0 Å². The minimum Gasteiger partial charge on any atom is -0.507 e. The lowest BCUT2D eigenvalue weighted by molar-refractivity contribution is -0.274. The van der Waals surface area contributed by atoms with Crippen LogP contribution in [0.3, 0.4) is 0 Å². The minimum atomic E-state index is -4.87. The van der Waals surface area contributed by atoms with Crippen LogP contribution in [0.25, 0.3) is 11.3 Å². The lowest BCUT2D eigenvalue weighted by Gasteiger charge is -2.32. The minimum absolute atomic E-state index is 0.141. The summed E-state index contributed by atoms with van der Waals surface area (Å²) < 4.78 is 46.7. The van der Waals surface area contributed by atoms with E-state index in [1.807, 2.05) is 0 Å². The number of ether oxygens (including phenoxy) is 2. The van der Waals surface area contributed by atoms with Gasteiger partial charge in [-0.25, -0.2) is 4.79 Å². The molecule has 172 valence electrons. The molecule has 4 rings (SSSR count). The van der Waals surface area contributed by atoms with Crippen LogP contribution in [0.4, 0.5) is 23.8 Å². The van der Waals surface area contributed by atoms with Gasteiger partial charge >= 0.3 is 12.5 Å². The molecule has 0 aliphatic carbocycles. The molecule has 3 heterocycles. The van der Waals surface area contributed by atoms with Gasteiger partial charge in [-0.05, 0) is 37.0 Å². The van der Waals surface area contributed by atoms with E-state index in [1.54, 1.807) is 0 Å². The lowest BCUT2D eigenvalue weighted by Crippen LogP contribution is -2.44. The van der Waals surface area contributed by atoms with Gasteiger partial charge in [0.2, 0.25) is 0 Å². The van der Waals surface area contributed by atoms with Crippen molar-refractivity contribution in [2.24, 2.45) is 0 Å².